The molecule has 0 aromatic heterocycles. The van der Waals surface area contributed by atoms with Crippen LogP contribution < -0.4 is 14.4 Å². The molecule has 184 valence electrons. The molecule has 4 atom stereocenters. The van der Waals surface area contributed by atoms with Crippen LogP contribution in [-0.2, 0) is 9.59 Å². The van der Waals surface area contributed by atoms with Crippen LogP contribution in [0.3, 0.4) is 0 Å². The molecule has 0 saturated carbocycles. The lowest BCUT2D eigenvalue weighted by Gasteiger charge is -2.35. The topological polar surface area (TPSA) is 76.1 Å². The van der Waals surface area contributed by atoms with Crippen LogP contribution in [0.25, 0.3) is 6.08 Å². The van der Waals surface area contributed by atoms with E-state index in [0.29, 0.717) is 22.1 Å². The van der Waals surface area contributed by atoms with Gasteiger partial charge in [0.1, 0.15) is 6.04 Å². The van der Waals surface area contributed by atoms with Crippen LogP contribution >= 0.6 is 23.2 Å². The summed E-state index contributed by atoms with van der Waals surface area (Å²) in [7, 11) is 0. The van der Waals surface area contributed by atoms with Gasteiger partial charge in [-0.15, -0.1) is 0 Å². The molecule has 3 aromatic rings. The Kier molecular flexibility index (Phi) is 4.90. The molecule has 2 fully saturated rings. The van der Waals surface area contributed by atoms with Gasteiger partial charge in [-0.1, -0.05) is 47.5 Å². The molecule has 2 saturated heterocycles. The monoisotopic (exact) mass is 532 g/mol. The number of carbonyl (C=O) groups is 3. The van der Waals surface area contributed by atoms with E-state index in [2.05, 4.69) is 0 Å². The van der Waals surface area contributed by atoms with Gasteiger partial charge in [-0.05, 0) is 53.6 Å². The molecule has 2 amide bonds. The lowest BCUT2D eigenvalue weighted by Crippen LogP contribution is -2.44. The largest absolute Gasteiger partial charge is 0.454 e. The lowest BCUT2D eigenvalue weighted by atomic mass is 9.83. The molecule has 4 heterocycles. The van der Waals surface area contributed by atoms with E-state index in [0.717, 1.165) is 16.0 Å². The molecule has 3 aromatic carbocycles. The Morgan fingerprint density at radius 2 is 1.68 bits per heavy atom. The number of fused-ring (bicyclic) bond motifs is 6. The van der Waals surface area contributed by atoms with Gasteiger partial charge in [0.2, 0.25) is 18.6 Å². The van der Waals surface area contributed by atoms with Crippen LogP contribution in [0.4, 0.5) is 5.69 Å². The minimum atomic E-state index is -0.905. The first-order valence-electron chi connectivity index (χ1n) is 11.8. The van der Waals surface area contributed by atoms with Crippen molar-refractivity contribution in [2.24, 2.45) is 11.8 Å². The first kappa shape index (κ1) is 22.4. The Balaban J connectivity index is 1.37. The van der Waals surface area contributed by atoms with Crippen molar-refractivity contribution in [3.05, 3.63) is 93.6 Å². The van der Waals surface area contributed by atoms with E-state index in [1.165, 1.54) is 6.07 Å². The van der Waals surface area contributed by atoms with Crippen LogP contribution in [0.15, 0.2) is 66.9 Å². The summed E-state index contributed by atoms with van der Waals surface area (Å²) in [5.41, 5.74) is 2.48. The number of amides is 2. The summed E-state index contributed by atoms with van der Waals surface area (Å²) in [6, 6.07) is 15.9. The van der Waals surface area contributed by atoms with Crippen LogP contribution in [0.1, 0.15) is 27.5 Å². The Morgan fingerprint density at radius 1 is 0.892 bits per heavy atom. The molecular formula is C28H18Cl2N2O5. The van der Waals surface area contributed by atoms with Crippen molar-refractivity contribution in [2.45, 2.75) is 12.1 Å². The minimum absolute atomic E-state index is 0.0820. The van der Waals surface area contributed by atoms with Gasteiger partial charge in [-0.3, -0.25) is 14.4 Å². The number of halogens is 2. The summed E-state index contributed by atoms with van der Waals surface area (Å²) in [5.74, 6) is -1.77. The molecule has 7 nitrogen and oxygen atoms in total. The highest BCUT2D eigenvalue weighted by atomic mass is 35.5. The van der Waals surface area contributed by atoms with E-state index in [1.54, 1.807) is 30.3 Å². The number of benzene rings is 3. The molecule has 0 radical (unpaired) electrons. The second kappa shape index (κ2) is 8.10. The highest BCUT2D eigenvalue weighted by Gasteiger charge is 2.64. The average Bonchev–Trinajstić information content (AvgIpc) is 3.57. The SMILES string of the molecule is O=C(c1ccc2c(c1)OCO2)C1C2C(=O)N(c3ccc(Cl)cc3Cl)C(=O)C2C2c3ccccc3C=CN12. The van der Waals surface area contributed by atoms with Gasteiger partial charge in [-0.25, -0.2) is 4.90 Å². The van der Waals surface area contributed by atoms with E-state index in [9.17, 15) is 14.4 Å². The Bertz CT molecular complexity index is 1550. The predicted molar refractivity (Wildman–Crippen MR) is 137 cm³/mol. The Labute approximate surface area is 221 Å². The normalized spacial score (nSPS) is 24.8. The molecule has 9 heteroatoms. The molecular weight excluding hydrogens is 515 g/mol. The van der Waals surface area contributed by atoms with Crippen molar-refractivity contribution in [3.8, 4) is 11.5 Å². The molecule has 37 heavy (non-hydrogen) atoms. The fourth-order valence-corrected chi connectivity index (χ4v) is 6.47. The van der Waals surface area contributed by atoms with Gasteiger partial charge in [0.15, 0.2) is 17.3 Å². The van der Waals surface area contributed by atoms with Gasteiger partial charge in [0.05, 0.1) is 28.6 Å². The number of imide groups is 1. The third kappa shape index (κ3) is 3.17. The number of nitrogens with zero attached hydrogens (tertiary/aromatic N) is 2. The number of Topliss-reactive ketones (excluding diaryl/α,β-unsaturated/α-hetero) is 1. The minimum Gasteiger partial charge on any atom is -0.454 e. The van der Waals surface area contributed by atoms with Gasteiger partial charge in [-0.2, -0.15) is 0 Å². The van der Waals surface area contributed by atoms with E-state index >= 15 is 0 Å². The Morgan fingerprint density at radius 3 is 2.51 bits per heavy atom. The maximum atomic E-state index is 14.1. The highest BCUT2D eigenvalue weighted by Crippen LogP contribution is 2.54. The lowest BCUT2D eigenvalue weighted by molar-refractivity contribution is -0.123. The molecule has 7 rings (SSSR count). The summed E-state index contributed by atoms with van der Waals surface area (Å²) in [6.45, 7) is 0.0820. The number of carbonyl (C=O) groups excluding carboxylic acids is 3. The molecule has 4 unspecified atom stereocenters. The fraction of sp³-hybridized carbons (Fsp3) is 0.179. The molecule has 0 aliphatic carbocycles. The summed E-state index contributed by atoms with van der Waals surface area (Å²) in [5, 5.41) is 0.579. The van der Waals surface area contributed by atoms with Gasteiger partial charge < -0.3 is 14.4 Å². The zero-order valence-electron chi connectivity index (χ0n) is 19.1. The molecule has 0 bridgehead atoms. The van der Waals surface area contributed by atoms with Gasteiger partial charge in [0.25, 0.3) is 0 Å². The van der Waals surface area contributed by atoms with Crippen molar-refractivity contribution >= 4 is 52.6 Å². The van der Waals surface area contributed by atoms with Crippen molar-refractivity contribution in [1.82, 2.24) is 4.90 Å². The number of ketones is 1. The van der Waals surface area contributed by atoms with E-state index in [1.807, 2.05) is 41.4 Å². The second-order valence-electron chi connectivity index (χ2n) is 9.37. The maximum absolute atomic E-state index is 14.1. The summed E-state index contributed by atoms with van der Waals surface area (Å²) in [4.78, 5) is 45.0. The highest BCUT2D eigenvalue weighted by molar-refractivity contribution is 6.38. The first-order valence-corrected chi connectivity index (χ1v) is 12.5. The number of anilines is 1. The summed E-state index contributed by atoms with van der Waals surface area (Å²) >= 11 is 12.5. The van der Waals surface area contributed by atoms with Gasteiger partial charge >= 0.3 is 0 Å². The van der Waals surface area contributed by atoms with E-state index in [-0.39, 0.29) is 29.2 Å². The first-order chi connectivity index (χ1) is 17.9. The fourth-order valence-electron chi connectivity index (χ4n) is 5.98. The average molecular weight is 533 g/mol. The third-order valence-electron chi connectivity index (χ3n) is 7.54. The summed E-state index contributed by atoms with van der Waals surface area (Å²) in [6.07, 6.45) is 3.73. The smallest absolute Gasteiger partial charge is 0.240 e. The summed E-state index contributed by atoms with van der Waals surface area (Å²) < 4.78 is 10.9. The number of ether oxygens (including phenoxy) is 2. The predicted octanol–water partition coefficient (Wildman–Crippen LogP) is 5.12. The quantitative estimate of drug-likeness (QED) is 0.344. The van der Waals surface area contributed by atoms with Crippen molar-refractivity contribution in [3.63, 3.8) is 0 Å². The van der Waals surface area contributed by atoms with Crippen LogP contribution in [0.5, 0.6) is 11.5 Å². The third-order valence-corrected chi connectivity index (χ3v) is 8.08. The van der Waals surface area contributed by atoms with Crippen molar-refractivity contribution in [1.29, 1.82) is 0 Å². The zero-order chi connectivity index (χ0) is 25.4. The number of rotatable bonds is 3. The Hall–Kier alpha value is -3.81. The van der Waals surface area contributed by atoms with Crippen LogP contribution in [0, 0.1) is 11.8 Å². The van der Waals surface area contributed by atoms with Crippen LogP contribution in [-0.4, -0.2) is 35.3 Å². The van der Waals surface area contributed by atoms with Crippen LogP contribution in [0.2, 0.25) is 10.0 Å². The number of hydrogen-bond donors (Lipinski definition) is 0. The standard InChI is InChI=1S/C28H18Cl2N2O5/c29-16-6-7-19(18(30)12-16)32-27(34)22-23(28(32)35)25(26(33)15-5-8-20-21(11-15)37-13-36-20)31-10-9-14-3-1-2-4-17(14)24(22)31/h1-12,22-25H,13H2. The molecule has 4 aliphatic heterocycles. The second-order valence-corrected chi connectivity index (χ2v) is 10.2. The zero-order valence-corrected chi connectivity index (χ0v) is 20.6. The molecule has 0 spiro atoms. The van der Waals surface area contributed by atoms with E-state index in [4.69, 9.17) is 32.7 Å². The van der Waals surface area contributed by atoms with Crippen molar-refractivity contribution < 1.29 is 23.9 Å². The van der Waals surface area contributed by atoms with Gasteiger partial charge in [0, 0.05) is 16.8 Å². The maximum Gasteiger partial charge on any atom is 0.240 e. The molecule has 0 N–H and O–H groups in total. The molecule has 4 aliphatic rings. The number of hydrogen-bond acceptors (Lipinski definition) is 6. The van der Waals surface area contributed by atoms with E-state index < -0.39 is 29.8 Å². The van der Waals surface area contributed by atoms with Crippen molar-refractivity contribution in [2.75, 3.05) is 11.7 Å².